The number of fused-ring (bicyclic) bond motifs is 9. The van der Waals surface area contributed by atoms with Crippen molar-refractivity contribution in [3.05, 3.63) is 239 Å². The normalized spacial score (nSPS) is 13.4. The van der Waals surface area contributed by atoms with Gasteiger partial charge < -0.3 is 9.80 Å². The van der Waals surface area contributed by atoms with E-state index in [2.05, 4.69) is 0 Å². The molecular weight excluding hydrogens is 841 g/mol. The van der Waals surface area contributed by atoms with Crippen LogP contribution < -0.4 is 9.80 Å². The summed E-state index contributed by atoms with van der Waals surface area (Å²) in [5, 5.41) is 1.22. The number of hydrogen-bond donors (Lipinski definition) is 0. The fourth-order valence-corrected chi connectivity index (χ4v) is 10.2. The molecule has 318 valence electrons. The smallest absolute Gasteiger partial charge is 0.307 e. The van der Waals surface area contributed by atoms with E-state index in [9.17, 15) is 26.3 Å². The minimum atomic E-state index is -4.79. The first-order valence-corrected chi connectivity index (χ1v) is 20.7. The van der Waals surface area contributed by atoms with E-state index in [0.717, 1.165) is 39.9 Å². The minimum absolute atomic E-state index is 0.0931. The third-order valence-corrected chi connectivity index (χ3v) is 12.7. The Morgan fingerprint density at radius 1 is 0.338 bits per heavy atom. The van der Waals surface area contributed by atoms with E-state index in [4.69, 9.17) is 0 Å². The van der Waals surface area contributed by atoms with Crippen LogP contribution in [-0.2, 0) is 17.8 Å². The SMILES string of the molecule is Fc1ccccc1N(c1ccc2c(c1)C1(c3ccccc3-c3ccccc31)c1cccc3c(N(c4ccccc4F)c4ccccc4C(F)(F)F)ccc-2c13)c1ccccc1C(F)(F)F. The van der Waals surface area contributed by atoms with Crippen molar-refractivity contribution in [2.24, 2.45) is 0 Å². The summed E-state index contributed by atoms with van der Waals surface area (Å²) in [6, 6.07) is 51.7. The molecule has 9 aromatic rings. The van der Waals surface area contributed by atoms with Crippen LogP contribution in [0.25, 0.3) is 33.0 Å². The van der Waals surface area contributed by atoms with Gasteiger partial charge in [-0.2, -0.15) is 26.3 Å². The highest BCUT2D eigenvalue weighted by Gasteiger charge is 2.51. The van der Waals surface area contributed by atoms with Crippen molar-refractivity contribution >= 4 is 44.9 Å². The second-order valence-corrected chi connectivity index (χ2v) is 16.0. The summed E-state index contributed by atoms with van der Waals surface area (Å²) in [5.74, 6) is -1.47. The van der Waals surface area contributed by atoms with Gasteiger partial charge in [0.1, 0.15) is 11.6 Å². The molecule has 0 radical (unpaired) electrons. The standard InChI is InChI=1S/C55H32F8N2/c56-45-22-7-11-26-50(45)64(48-24-9-5-19-41(48)54(58,59)60)33-28-29-36-37-30-31-47(65(51-27-12-8-23-46(51)57)49-25-10-6-20-42(49)55(61,62)63)38-16-13-21-43(52(37)38)53(44(36)32-33)39-17-3-1-14-34(39)35-15-2-4-18-40(35)53/h1-32H. The number of para-hydroxylation sites is 4. The lowest BCUT2D eigenvalue weighted by Crippen LogP contribution is -2.32. The summed E-state index contributed by atoms with van der Waals surface area (Å²) in [6.45, 7) is 0. The molecule has 0 aromatic heterocycles. The van der Waals surface area contributed by atoms with Crippen LogP contribution in [0.1, 0.15) is 33.4 Å². The molecule has 2 aliphatic rings. The van der Waals surface area contributed by atoms with Crippen LogP contribution in [0.4, 0.5) is 69.2 Å². The van der Waals surface area contributed by atoms with Gasteiger partial charge in [0.05, 0.1) is 45.0 Å². The number of halogens is 8. The van der Waals surface area contributed by atoms with E-state index in [-0.39, 0.29) is 34.1 Å². The zero-order valence-electron chi connectivity index (χ0n) is 33.9. The van der Waals surface area contributed by atoms with Gasteiger partial charge >= 0.3 is 12.4 Å². The fraction of sp³-hybridized carbons (Fsp3) is 0.0545. The summed E-state index contributed by atoms with van der Waals surface area (Å²) >= 11 is 0. The minimum Gasteiger partial charge on any atom is -0.307 e. The molecule has 0 N–H and O–H groups in total. The Kier molecular flexibility index (Phi) is 9.05. The molecule has 2 nitrogen and oxygen atoms in total. The average molecular weight is 873 g/mol. The monoisotopic (exact) mass is 872 g/mol. The van der Waals surface area contributed by atoms with Crippen molar-refractivity contribution in [2.75, 3.05) is 9.80 Å². The predicted molar refractivity (Wildman–Crippen MR) is 240 cm³/mol. The first-order chi connectivity index (χ1) is 31.4. The lowest BCUT2D eigenvalue weighted by atomic mass is 9.61. The molecule has 0 saturated heterocycles. The molecule has 0 amide bonds. The van der Waals surface area contributed by atoms with Gasteiger partial charge in [-0.25, -0.2) is 8.78 Å². The lowest BCUT2D eigenvalue weighted by molar-refractivity contribution is -0.137. The van der Waals surface area contributed by atoms with Crippen molar-refractivity contribution in [3.63, 3.8) is 0 Å². The lowest BCUT2D eigenvalue weighted by Gasteiger charge is -2.41. The number of hydrogen-bond acceptors (Lipinski definition) is 2. The van der Waals surface area contributed by atoms with E-state index in [1.54, 1.807) is 30.3 Å². The number of alkyl halides is 6. The van der Waals surface area contributed by atoms with E-state index in [0.29, 0.717) is 27.5 Å². The van der Waals surface area contributed by atoms with Gasteiger partial charge in [0, 0.05) is 11.1 Å². The number of anilines is 6. The first-order valence-electron chi connectivity index (χ1n) is 20.7. The van der Waals surface area contributed by atoms with Gasteiger partial charge in [-0.05, 0) is 117 Å². The number of benzene rings is 9. The second-order valence-electron chi connectivity index (χ2n) is 16.0. The molecule has 1 spiro atoms. The topological polar surface area (TPSA) is 6.48 Å². The summed E-state index contributed by atoms with van der Waals surface area (Å²) < 4.78 is 122. The molecule has 0 atom stereocenters. The first kappa shape index (κ1) is 40.1. The van der Waals surface area contributed by atoms with E-state index in [1.165, 1.54) is 82.6 Å². The molecule has 0 fully saturated rings. The highest BCUT2D eigenvalue weighted by molar-refractivity contribution is 6.13. The summed E-state index contributed by atoms with van der Waals surface area (Å²) in [5.41, 5.74) is 3.12. The largest absolute Gasteiger partial charge is 0.418 e. The van der Waals surface area contributed by atoms with Crippen molar-refractivity contribution in [1.82, 2.24) is 0 Å². The quantitative estimate of drug-likeness (QED) is 0.154. The molecular formula is C55H32F8N2. The van der Waals surface area contributed by atoms with Crippen LogP contribution in [-0.4, -0.2) is 0 Å². The molecule has 0 aliphatic heterocycles. The van der Waals surface area contributed by atoms with Gasteiger partial charge in [-0.1, -0.05) is 127 Å². The van der Waals surface area contributed by atoms with Gasteiger partial charge in [-0.15, -0.1) is 0 Å². The highest BCUT2D eigenvalue weighted by atomic mass is 19.4. The van der Waals surface area contributed by atoms with Crippen molar-refractivity contribution in [2.45, 2.75) is 17.8 Å². The maximum absolute atomic E-state index is 16.1. The van der Waals surface area contributed by atoms with Gasteiger partial charge in [0.15, 0.2) is 0 Å². The Morgan fingerprint density at radius 3 is 1.35 bits per heavy atom. The molecule has 0 heterocycles. The van der Waals surface area contributed by atoms with Gasteiger partial charge in [-0.3, -0.25) is 0 Å². The van der Waals surface area contributed by atoms with E-state index < -0.39 is 40.5 Å². The Balaban J connectivity index is 1.26. The van der Waals surface area contributed by atoms with Crippen LogP contribution in [0.3, 0.4) is 0 Å². The van der Waals surface area contributed by atoms with E-state index in [1.807, 2.05) is 78.9 Å². The van der Waals surface area contributed by atoms with E-state index >= 15 is 8.78 Å². The number of rotatable bonds is 6. The molecule has 9 aromatic carbocycles. The van der Waals surface area contributed by atoms with Gasteiger partial charge in [0.2, 0.25) is 0 Å². The Morgan fingerprint density at radius 2 is 0.785 bits per heavy atom. The second kappa shape index (κ2) is 14.7. The number of nitrogens with zero attached hydrogens (tertiary/aromatic N) is 2. The molecule has 65 heavy (non-hydrogen) atoms. The molecule has 0 saturated carbocycles. The van der Waals surface area contributed by atoms with Gasteiger partial charge in [0.25, 0.3) is 0 Å². The summed E-state index contributed by atoms with van der Waals surface area (Å²) in [4.78, 5) is 2.61. The van der Waals surface area contributed by atoms with Crippen LogP contribution in [0.5, 0.6) is 0 Å². The zero-order valence-corrected chi connectivity index (χ0v) is 33.9. The fourth-order valence-electron chi connectivity index (χ4n) is 10.2. The van der Waals surface area contributed by atoms with Crippen LogP contribution >= 0.6 is 0 Å². The van der Waals surface area contributed by atoms with Crippen LogP contribution in [0.2, 0.25) is 0 Å². The Hall–Kier alpha value is -7.72. The maximum atomic E-state index is 16.1. The maximum Gasteiger partial charge on any atom is 0.418 e. The molecule has 0 bridgehead atoms. The van der Waals surface area contributed by atoms with Crippen molar-refractivity contribution < 1.29 is 35.1 Å². The predicted octanol–water partition coefficient (Wildman–Crippen LogP) is 16.4. The molecule has 11 rings (SSSR count). The molecule has 10 heteroatoms. The highest BCUT2D eigenvalue weighted by Crippen LogP contribution is 2.63. The molecule has 0 unspecified atom stereocenters. The third kappa shape index (κ3) is 6.00. The average Bonchev–Trinajstić information content (AvgIpc) is 3.60. The summed E-state index contributed by atoms with van der Waals surface area (Å²) in [6.07, 6.45) is -9.58. The van der Waals surface area contributed by atoms with Crippen LogP contribution in [0, 0.1) is 11.6 Å². The zero-order chi connectivity index (χ0) is 44.8. The molecule has 2 aliphatic carbocycles. The van der Waals surface area contributed by atoms with Crippen molar-refractivity contribution in [1.29, 1.82) is 0 Å². The Labute approximate surface area is 367 Å². The van der Waals surface area contributed by atoms with Crippen molar-refractivity contribution in [3.8, 4) is 22.3 Å². The van der Waals surface area contributed by atoms with Crippen LogP contribution in [0.15, 0.2) is 194 Å². The summed E-state index contributed by atoms with van der Waals surface area (Å²) in [7, 11) is 0. The third-order valence-electron chi connectivity index (χ3n) is 12.7. The Bertz CT molecular complexity index is 3330.